The zero-order valence-corrected chi connectivity index (χ0v) is 12.3. The Kier molecular flexibility index (Phi) is 5.96. The van der Waals surface area contributed by atoms with Crippen LogP contribution in [0.5, 0.6) is 0 Å². The number of hydrogen-bond acceptors (Lipinski definition) is 1. The van der Waals surface area contributed by atoms with Crippen molar-refractivity contribution in [3.8, 4) is 0 Å². The second kappa shape index (κ2) is 7.72. The molecule has 1 aliphatic rings. The van der Waals surface area contributed by atoms with E-state index in [0.29, 0.717) is 12.0 Å². The third-order valence-electron chi connectivity index (χ3n) is 4.39. The Morgan fingerprint density at radius 3 is 2.70 bits per heavy atom. The molecule has 1 nitrogen and oxygen atoms in total. The summed E-state index contributed by atoms with van der Waals surface area (Å²) in [6, 6.07) is 4.71. The van der Waals surface area contributed by atoms with Gasteiger partial charge in [0, 0.05) is 6.04 Å². The molecule has 1 saturated carbocycles. The van der Waals surface area contributed by atoms with E-state index in [1.54, 1.807) is 12.1 Å². The molecule has 1 aromatic rings. The summed E-state index contributed by atoms with van der Waals surface area (Å²) in [6.07, 6.45) is 8.22. The Morgan fingerprint density at radius 1 is 1.25 bits per heavy atom. The lowest BCUT2D eigenvalue weighted by atomic mass is 9.95. The smallest absolute Gasteiger partial charge is 0.162 e. The first-order valence-electron chi connectivity index (χ1n) is 7.87. The molecule has 20 heavy (non-hydrogen) atoms. The van der Waals surface area contributed by atoms with E-state index in [2.05, 4.69) is 12.2 Å². The lowest BCUT2D eigenvalue weighted by molar-refractivity contribution is 0.401. The van der Waals surface area contributed by atoms with Crippen LogP contribution < -0.4 is 5.32 Å². The molecule has 1 unspecified atom stereocenters. The predicted molar refractivity (Wildman–Crippen MR) is 78.7 cm³/mol. The Hall–Kier alpha value is -0.960. The van der Waals surface area contributed by atoms with Crippen molar-refractivity contribution >= 4 is 0 Å². The maximum absolute atomic E-state index is 13.7. The molecule has 0 amide bonds. The molecule has 1 aliphatic carbocycles. The fourth-order valence-electron chi connectivity index (χ4n) is 3.27. The summed E-state index contributed by atoms with van der Waals surface area (Å²) in [7, 11) is 0. The normalized spacial score (nSPS) is 17.6. The van der Waals surface area contributed by atoms with Crippen molar-refractivity contribution in [3.63, 3.8) is 0 Å². The standard InChI is InChI=1S/C17H25F2N/c1-2-20-15(11-10-13-6-3-4-7-13)12-14-8-5-9-16(18)17(14)19/h5,8-9,13,15,20H,2-4,6-7,10-12H2,1H3. The van der Waals surface area contributed by atoms with Gasteiger partial charge in [0.2, 0.25) is 0 Å². The van der Waals surface area contributed by atoms with Crippen LogP contribution >= 0.6 is 0 Å². The quantitative estimate of drug-likeness (QED) is 0.778. The van der Waals surface area contributed by atoms with Crippen molar-refractivity contribution in [2.45, 2.75) is 57.9 Å². The van der Waals surface area contributed by atoms with Gasteiger partial charge in [-0.25, -0.2) is 8.78 Å². The number of hydrogen-bond donors (Lipinski definition) is 1. The molecule has 0 bridgehead atoms. The second-order valence-electron chi connectivity index (χ2n) is 5.90. The van der Waals surface area contributed by atoms with Crippen molar-refractivity contribution < 1.29 is 8.78 Å². The van der Waals surface area contributed by atoms with Gasteiger partial charge >= 0.3 is 0 Å². The van der Waals surface area contributed by atoms with Crippen LogP contribution in [-0.2, 0) is 6.42 Å². The molecule has 1 atom stereocenters. The average molecular weight is 281 g/mol. The predicted octanol–water partition coefficient (Wildman–Crippen LogP) is 4.46. The minimum atomic E-state index is -0.742. The largest absolute Gasteiger partial charge is 0.314 e. The van der Waals surface area contributed by atoms with Crippen molar-refractivity contribution in [1.82, 2.24) is 5.32 Å². The fraction of sp³-hybridized carbons (Fsp3) is 0.647. The van der Waals surface area contributed by atoms with E-state index in [9.17, 15) is 8.78 Å². The van der Waals surface area contributed by atoms with Gasteiger partial charge in [0.15, 0.2) is 11.6 Å². The van der Waals surface area contributed by atoms with Gasteiger partial charge in [0.1, 0.15) is 0 Å². The summed E-state index contributed by atoms with van der Waals surface area (Å²) < 4.78 is 27.0. The highest BCUT2D eigenvalue weighted by Gasteiger charge is 2.18. The van der Waals surface area contributed by atoms with Crippen LogP contribution in [0.15, 0.2) is 18.2 Å². The Bertz CT molecular complexity index is 413. The van der Waals surface area contributed by atoms with E-state index in [1.165, 1.54) is 38.2 Å². The van der Waals surface area contributed by atoms with Crippen LogP contribution in [0, 0.1) is 17.6 Å². The van der Waals surface area contributed by atoms with Crippen LogP contribution in [0.25, 0.3) is 0 Å². The Labute approximate surface area is 120 Å². The molecule has 0 radical (unpaired) electrons. The fourth-order valence-corrected chi connectivity index (χ4v) is 3.27. The molecule has 0 aromatic heterocycles. The zero-order valence-electron chi connectivity index (χ0n) is 12.3. The first-order chi connectivity index (χ1) is 9.70. The Balaban J connectivity index is 1.92. The van der Waals surface area contributed by atoms with Gasteiger partial charge in [-0.15, -0.1) is 0 Å². The number of rotatable bonds is 7. The lowest BCUT2D eigenvalue weighted by Gasteiger charge is -2.20. The molecule has 1 N–H and O–H groups in total. The van der Waals surface area contributed by atoms with Crippen LogP contribution in [0.1, 0.15) is 51.0 Å². The van der Waals surface area contributed by atoms with E-state index in [4.69, 9.17) is 0 Å². The molecular formula is C17H25F2N. The molecule has 1 aromatic carbocycles. The molecule has 2 rings (SSSR count). The highest BCUT2D eigenvalue weighted by Crippen LogP contribution is 2.29. The van der Waals surface area contributed by atoms with Crippen molar-refractivity contribution in [2.24, 2.45) is 5.92 Å². The van der Waals surface area contributed by atoms with Crippen LogP contribution in [0.2, 0.25) is 0 Å². The minimum absolute atomic E-state index is 0.247. The monoisotopic (exact) mass is 281 g/mol. The second-order valence-corrected chi connectivity index (χ2v) is 5.90. The van der Waals surface area contributed by atoms with E-state index in [-0.39, 0.29) is 6.04 Å². The van der Waals surface area contributed by atoms with Crippen molar-refractivity contribution in [2.75, 3.05) is 6.54 Å². The van der Waals surface area contributed by atoms with Crippen LogP contribution in [0.4, 0.5) is 8.78 Å². The third kappa shape index (κ3) is 4.27. The number of likely N-dealkylation sites (N-methyl/N-ethyl adjacent to an activating group) is 1. The first-order valence-corrected chi connectivity index (χ1v) is 7.87. The Morgan fingerprint density at radius 2 is 2.00 bits per heavy atom. The highest BCUT2D eigenvalue weighted by atomic mass is 19.2. The molecule has 3 heteroatoms. The number of nitrogens with one attached hydrogen (secondary N) is 1. The molecule has 112 valence electrons. The number of benzene rings is 1. The SMILES string of the molecule is CCNC(CCC1CCCC1)Cc1cccc(F)c1F. The number of halogens is 2. The highest BCUT2D eigenvalue weighted by molar-refractivity contribution is 5.20. The first kappa shape index (κ1) is 15.4. The third-order valence-corrected chi connectivity index (χ3v) is 4.39. The summed E-state index contributed by atoms with van der Waals surface area (Å²) in [5.74, 6) is -0.585. The maximum Gasteiger partial charge on any atom is 0.162 e. The molecule has 0 aliphatic heterocycles. The van der Waals surface area contributed by atoms with E-state index < -0.39 is 11.6 Å². The van der Waals surface area contributed by atoms with Gasteiger partial charge in [-0.05, 0) is 43.4 Å². The summed E-state index contributed by atoms with van der Waals surface area (Å²) in [4.78, 5) is 0. The zero-order chi connectivity index (χ0) is 14.4. The van der Waals surface area contributed by atoms with Crippen molar-refractivity contribution in [3.05, 3.63) is 35.4 Å². The molecular weight excluding hydrogens is 256 g/mol. The molecule has 0 saturated heterocycles. The molecule has 0 heterocycles. The van der Waals surface area contributed by atoms with Crippen LogP contribution in [0.3, 0.4) is 0 Å². The van der Waals surface area contributed by atoms with E-state index in [1.807, 2.05) is 0 Å². The van der Waals surface area contributed by atoms with Gasteiger partial charge in [-0.2, -0.15) is 0 Å². The minimum Gasteiger partial charge on any atom is -0.314 e. The summed E-state index contributed by atoms with van der Waals surface area (Å²) in [5, 5.41) is 3.41. The summed E-state index contributed by atoms with van der Waals surface area (Å²) >= 11 is 0. The average Bonchev–Trinajstić information content (AvgIpc) is 2.94. The summed E-state index contributed by atoms with van der Waals surface area (Å²) in [6.45, 7) is 2.93. The van der Waals surface area contributed by atoms with E-state index in [0.717, 1.165) is 18.9 Å². The van der Waals surface area contributed by atoms with Crippen LogP contribution in [-0.4, -0.2) is 12.6 Å². The molecule has 1 fully saturated rings. The van der Waals surface area contributed by atoms with Gasteiger partial charge in [0.25, 0.3) is 0 Å². The maximum atomic E-state index is 13.7. The lowest BCUT2D eigenvalue weighted by Crippen LogP contribution is -2.31. The van der Waals surface area contributed by atoms with Crippen molar-refractivity contribution in [1.29, 1.82) is 0 Å². The topological polar surface area (TPSA) is 12.0 Å². The molecule has 0 spiro atoms. The van der Waals surface area contributed by atoms with Gasteiger partial charge < -0.3 is 5.32 Å². The summed E-state index contributed by atoms with van der Waals surface area (Å²) in [5.41, 5.74) is 0.488. The van der Waals surface area contributed by atoms with Gasteiger partial charge in [-0.3, -0.25) is 0 Å². The van der Waals surface area contributed by atoms with Gasteiger partial charge in [-0.1, -0.05) is 44.7 Å². The van der Waals surface area contributed by atoms with E-state index >= 15 is 0 Å². The van der Waals surface area contributed by atoms with Gasteiger partial charge in [0.05, 0.1) is 0 Å².